The van der Waals surface area contributed by atoms with E-state index in [0.29, 0.717) is 43.2 Å². The molecule has 0 unspecified atom stereocenters. The number of hydrogen-bond donors (Lipinski definition) is 1. The maximum absolute atomic E-state index is 13.0. The lowest BCUT2D eigenvalue weighted by Crippen LogP contribution is -2.34. The van der Waals surface area contributed by atoms with Crippen molar-refractivity contribution in [1.29, 1.82) is 0 Å². The highest BCUT2D eigenvalue weighted by Gasteiger charge is 2.35. The maximum Gasteiger partial charge on any atom is 0.433 e. The lowest BCUT2D eigenvalue weighted by atomic mass is 9.90. The van der Waals surface area contributed by atoms with Gasteiger partial charge in [-0.05, 0) is 60.2 Å². The Bertz CT molecular complexity index is 951. The number of likely N-dealkylation sites (tertiary alicyclic amines) is 1. The summed E-state index contributed by atoms with van der Waals surface area (Å²) >= 11 is 6.30. The van der Waals surface area contributed by atoms with Gasteiger partial charge in [-0.15, -0.1) is 0 Å². The molecule has 2 aliphatic heterocycles. The van der Waals surface area contributed by atoms with Crippen molar-refractivity contribution >= 4 is 23.4 Å². The first-order valence-electron chi connectivity index (χ1n) is 9.33. The summed E-state index contributed by atoms with van der Waals surface area (Å²) in [5.41, 5.74) is 2.34. The number of carbonyl (C=O) groups is 1. The van der Waals surface area contributed by atoms with Crippen LogP contribution in [-0.2, 0) is 19.1 Å². The summed E-state index contributed by atoms with van der Waals surface area (Å²) in [7, 11) is 0. The Morgan fingerprint density at radius 1 is 1.24 bits per heavy atom. The van der Waals surface area contributed by atoms with Crippen LogP contribution in [0.15, 0.2) is 30.5 Å². The molecule has 5 nitrogen and oxygen atoms in total. The molecule has 0 bridgehead atoms. The number of alkyl halides is 3. The van der Waals surface area contributed by atoms with Crippen molar-refractivity contribution < 1.29 is 23.1 Å². The van der Waals surface area contributed by atoms with Crippen LogP contribution in [0.4, 0.5) is 23.7 Å². The lowest BCUT2D eigenvalue weighted by Gasteiger charge is -2.34. The second-order valence-electron chi connectivity index (χ2n) is 7.34. The fraction of sp³-hybridized carbons (Fsp3) is 0.400. The number of halogens is 4. The van der Waals surface area contributed by atoms with Crippen LogP contribution in [-0.4, -0.2) is 34.2 Å². The van der Waals surface area contributed by atoms with Crippen LogP contribution < -0.4 is 4.90 Å². The number of benzene rings is 1. The molecule has 1 aromatic carbocycles. The van der Waals surface area contributed by atoms with Gasteiger partial charge in [0.2, 0.25) is 0 Å². The van der Waals surface area contributed by atoms with Crippen molar-refractivity contribution in [2.24, 2.45) is 0 Å². The Balaban J connectivity index is 1.70. The van der Waals surface area contributed by atoms with Gasteiger partial charge >= 0.3 is 12.3 Å². The van der Waals surface area contributed by atoms with Crippen molar-refractivity contribution in [2.75, 3.05) is 18.0 Å². The zero-order chi connectivity index (χ0) is 20.8. The Labute approximate surface area is 170 Å². The third-order valence-electron chi connectivity index (χ3n) is 5.60. The number of pyridine rings is 1. The molecule has 1 atom stereocenters. The van der Waals surface area contributed by atoms with E-state index in [-0.39, 0.29) is 6.04 Å². The van der Waals surface area contributed by atoms with E-state index in [1.807, 2.05) is 11.0 Å². The van der Waals surface area contributed by atoms with Crippen LogP contribution in [0.25, 0.3) is 0 Å². The molecular formula is C20H19ClF3N3O2. The van der Waals surface area contributed by atoms with Crippen molar-refractivity contribution in [1.82, 2.24) is 9.88 Å². The van der Waals surface area contributed by atoms with E-state index in [1.54, 1.807) is 12.1 Å². The molecule has 0 spiro atoms. The number of fused-ring (bicyclic) bond motifs is 1. The van der Waals surface area contributed by atoms with Gasteiger partial charge in [0.05, 0.1) is 6.04 Å². The molecule has 1 amide bonds. The fourth-order valence-corrected chi connectivity index (χ4v) is 4.51. The van der Waals surface area contributed by atoms with Gasteiger partial charge in [-0.1, -0.05) is 11.6 Å². The number of aromatic nitrogens is 1. The average Bonchev–Trinajstić information content (AvgIpc) is 3.16. The van der Waals surface area contributed by atoms with Crippen LogP contribution in [0, 0.1) is 0 Å². The molecule has 9 heteroatoms. The van der Waals surface area contributed by atoms with Gasteiger partial charge in [0.1, 0.15) is 5.69 Å². The van der Waals surface area contributed by atoms with Crippen LogP contribution >= 0.6 is 11.6 Å². The lowest BCUT2D eigenvalue weighted by molar-refractivity contribution is -0.141. The van der Waals surface area contributed by atoms with E-state index in [1.165, 1.54) is 11.1 Å². The second kappa shape index (κ2) is 7.40. The normalized spacial score (nSPS) is 19.4. The summed E-state index contributed by atoms with van der Waals surface area (Å²) in [6.45, 7) is 1.40. The summed E-state index contributed by atoms with van der Waals surface area (Å²) in [6, 6.07) is 5.99. The minimum atomic E-state index is -4.51. The van der Waals surface area contributed by atoms with Gasteiger partial charge in [-0.25, -0.2) is 4.79 Å². The Hall–Kier alpha value is -2.48. The Morgan fingerprint density at radius 2 is 2.03 bits per heavy atom. The van der Waals surface area contributed by atoms with Crippen LogP contribution in [0.5, 0.6) is 0 Å². The van der Waals surface area contributed by atoms with Crippen LogP contribution in [0.3, 0.4) is 0 Å². The van der Waals surface area contributed by atoms with Crippen molar-refractivity contribution in [3.63, 3.8) is 0 Å². The smallest absolute Gasteiger partial charge is 0.433 e. The van der Waals surface area contributed by atoms with Crippen molar-refractivity contribution in [3.8, 4) is 0 Å². The van der Waals surface area contributed by atoms with E-state index in [4.69, 9.17) is 11.6 Å². The van der Waals surface area contributed by atoms with E-state index in [0.717, 1.165) is 29.2 Å². The molecule has 1 aromatic heterocycles. The number of amides is 1. The molecule has 3 heterocycles. The summed E-state index contributed by atoms with van der Waals surface area (Å²) in [4.78, 5) is 18.3. The zero-order valence-corrected chi connectivity index (χ0v) is 16.2. The number of nitrogens with zero attached hydrogens (tertiary/aromatic N) is 3. The summed E-state index contributed by atoms with van der Waals surface area (Å²) < 4.78 is 39.1. The number of hydrogen-bond acceptors (Lipinski definition) is 3. The second-order valence-corrected chi connectivity index (χ2v) is 7.77. The predicted molar refractivity (Wildman–Crippen MR) is 102 cm³/mol. The molecule has 154 valence electrons. The highest BCUT2D eigenvalue weighted by molar-refractivity contribution is 6.30. The third kappa shape index (κ3) is 3.85. The van der Waals surface area contributed by atoms with E-state index in [2.05, 4.69) is 4.98 Å². The molecule has 1 saturated heterocycles. The van der Waals surface area contributed by atoms with E-state index >= 15 is 0 Å². The standard InChI is InChI=1S/C20H19ClF3N3O2/c21-13-8-12-4-7-26(14-3-5-25-18(10-14)20(22,23)24)11-16(12)15(9-13)17-2-1-6-27(17)19(28)29/h3,5,8-10,17H,1-2,4,6-7,11H2,(H,28,29)/t17-/m0/s1. The largest absolute Gasteiger partial charge is 0.465 e. The van der Waals surface area contributed by atoms with Gasteiger partial charge in [0.25, 0.3) is 0 Å². The minimum absolute atomic E-state index is 0.289. The monoisotopic (exact) mass is 425 g/mol. The average molecular weight is 426 g/mol. The van der Waals surface area contributed by atoms with E-state index < -0.39 is 18.0 Å². The molecule has 29 heavy (non-hydrogen) atoms. The molecule has 0 saturated carbocycles. The van der Waals surface area contributed by atoms with Gasteiger partial charge in [-0.3, -0.25) is 4.98 Å². The highest BCUT2D eigenvalue weighted by Crippen LogP contribution is 2.39. The van der Waals surface area contributed by atoms with Gasteiger partial charge < -0.3 is 14.9 Å². The fourth-order valence-electron chi connectivity index (χ4n) is 4.27. The summed E-state index contributed by atoms with van der Waals surface area (Å²) in [5.74, 6) is 0. The first-order chi connectivity index (χ1) is 13.7. The SMILES string of the molecule is O=C(O)N1CCC[C@H]1c1cc(Cl)cc2c1CN(c1ccnc(C(F)(F)F)c1)CC2. The number of carboxylic acid groups (broad SMARTS) is 1. The molecule has 1 fully saturated rings. The molecule has 4 rings (SSSR count). The molecular weight excluding hydrogens is 407 g/mol. The zero-order valence-electron chi connectivity index (χ0n) is 15.4. The quantitative estimate of drug-likeness (QED) is 0.724. The van der Waals surface area contributed by atoms with Crippen LogP contribution in [0.2, 0.25) is 5.02 Å². The first-order valence-corrected chi connectivity index (χ1v) is 9.71. The van der Waals surface area contributed by atoms with E-state index in [9.17, 15) is 23.1 Å². The maximum atomic E-state index is 13.0. The molecule has 0 aliphatic carbocycles. The Morgan fingerprint density at radius 3 is 2.76 bits per heavy atom. The summed E-state index contributed by atoms with van der Waals surface area (Å²) in [6.07, 6.45) is -2.23. The van der Waals surface area contributed by atoms with Crippen LogP contribution in [0.1, 0.15) is 41.3 Å². The Kier molecular flexibility index (Phi) is 5.06. The van der Waals surface area contributed by atoms with Gasteiger partial charge in [0, 0.05) is 36.5 Å². The number of rotatable bonds is 2. The van der Waals surface area contributed by atoms with Gasteiger partial charge in [-0.2, -0.15) is 13.2 Å². The van der Waals surface area contributed by atoms with Crippen molar-refractivity contribution in [2.45, 2.75) is 38.0 Å². The predicted octanol–water partition coefficient (Wildman–Crippen LogP) is 5.13. The first kappa shape index (κ1) is 19.8. The third-order valence-corrected chi connectivity index (χ3v) is 5.82. The molecule has 1 N–H and O–H groups in total. The minimum Gasteiger partial charge on any atom is -0.465 e. The van der Waals surface area contributed by atoms with Crippen molar-refractivity contribution in [3.05, 3.63) is 57.9 Å². The molecule has 2 aliphatic rings. The van der Waals surface area contributed by atoms with Gasteiger partial charge in [0.15, 0.2) is 0 Å². The molecule has 2 aromatic rings. The summed E-state index contributed by atoms with van der Waals surface area (Å²) in [5, 5.41) is 10.1. The highest BCUT2D eigenvalue weighted by atomic mass is 35.5. The molecule has 0 radical (unpaired) electrons. The topological polar surface area (TPSA) is 56.7 Å². The number of anilines is 1.